The summed E-state index contributed by atoms with van der Waals surface area (Å²) in [7, 11) is 1.78. The zero-order chi connectivity index (χ0) is 19.6. The predicted molar refractivity (Wildman–Crippen MR) is 117 cm³/mol. The van der Waals surface area contributed by atoms with E-state index < -0.39 is 0 Å². The average molecular weight is 385 g/mol. The fraction of sp³-hybridized carbons (Fsp3) is 0.760. The SMILES string of the molecule is COc1ccc2c(c1)CCC1C2CCC2(C)C(NCCCCCCN)CCC12. The minimum atomic E-state index is 0.502. The summed E-state index contributed by atoms with van der Waals surface area (Å²) in [6.07, 6.45) is 13.3. The van der Waals surface area contributed by atoms with Crippen LogP contribution in [0.25, 0.3) is 0 Å². The van der Waals surface area contributed by atoms with E-state index in [-0.39, 0.29) is 0 Å². The third kappa shape index (κ3) is 3.73. The summed E-state index contributed by atoms with van der Waals surface area (Å²) in [5.74, 6) is 3.59. The number of methoxy groups -OCH3 is 1. The van der Waals surface area contributed by atoms with Crippen LogP contribution < -0.4 is 15.8 Å². The van der Waals surface area contributed by atoms with Gasteiger partial charge < -0.3 is 15.8 Å². The van der Waals surface area contributed by atoms with Crippen LogP contribution in [0.5, 0.6) is 5.75 Å². The Bertz CT molecular complexity index is 660. The molecule has 3 aliphatic carbocycles. The fourth-order valence-electron chi connectivity index (χ4n) is 6.92. The van der Waals surface area contributed by atoms with E-state index in [1.807, 2.05) is 0 Å². The quantitative estimate of drug-likeness (QED) is 0.618. The van der Waals surface area contributed by atoms with Gasteiger partial charge in [0.15, 0.2) is 0 Å². The molecule has 0 spiro atoms. The Hall–Kier alpha value is -1.06. The predicted octanol–water partition coefficient (Wildman–Crippen LogP) is 5.03. The molecule has 5 atom stereocenters. The van der Waals surface area contributed by atoms with Crippen LogP contribution in [0, 0.1) is 17.3 Å². The zero-order valence-electron chi connectivity index (χ0n) is 18.0. The van der Waals surface area contributed by atoms with Gasteiger partial charge in [0.25, 0.3) is 0 Å². The smallest absolute Gasteiger partial charge is 0.119 e. The van der Waals surface area contributed by atoms with Crippen molar-refractivity contribution in [3.05, 3.63) is 29.3 Å². The Balaban J connectivity index is 1.39. The number of aryl methyl sites for hydroxylation is 1. The molecule has 1 aromatic rings. The molecule has 1 aromatic carbocycles. The Labute approximate surface area is 171 Å². The molecular weight excluding hydrogens is 344 g/mol. The molecule has 0 bridgehead atoms. The third-order valence-corrected chi connectivity index (χ3v) is 8.46. The molecule has 0 aliphatic heterocycles. The third-order valence-electron chi connectivity index (χ3n) is 8.46. The number of hydrogen-bond acceptors (Lipinski definition) is 3. The Morgan fingerprint density at radius 1 is 1.11 bits per heavy atom. The summed E-state index contributed by atoms with van der Waals surface area (Å²) in [6, 6.07) is 7.58. The van der Waals surface area contributed by atoms with Gasteiger partial charge in [0.1, 0.15) is 5.75 Å². The molecule has 2 saturated carbocycles. The lowest BCUT2D eigenvalue weighted by Gasteiger charge is -2.51. The first kappa shape index (κ1) is 20.2. The monoisotopic (exact) mass is 384 g/mol. The molecule has 156 valence electrons. The van der Waals surface area contributed by atoms with Crippen molar-refractivity contribution in [3.63, 3.8) is 0 Å². The van der Waals surface area contributed by atoms with Crippen molar-refractivity contribution >= 4 is 0 Å². The van der Waals surface area contributed by atoms with Crippen molar-refractivity contribution in [2.24, 2.45) is 23.0 Å². The lowest BCUT2D eigenvalue weighted by atomic mass is 9.55. The highest BCUT2D eigenvalue weighted by Crippen LogP contribution is 2.60. The van der Waals surface area contributed by atoms with Gasteiger partial charge in [-0.1, -0.05) is 25.8 Å². The normalized spacial score (nSPS) is 33.8. The standard InChI is InChI=1S/C25H40N2O/c1-25-14-13-21-20-10-8-19(28-2)17-18(20)7-9-22(21)23(25)11-12-24(25)27-16-6-4-3-5-15-26/h8,10,17,21-24,27H,3-7,9,11-16,26H2,1-2H3. The van der Waals surface area contributed by atoms with E-state index in [4.69, 9.17) is 10.5 Å². The van der Waals surface area contributed by atoms with Crippen LogP contribution in [-0.4, -0.2) is 26.2 Å². The summed E-state index contributed by atoms with van der Waals surface area (Å²) in [6.45, 7) is 4.64. The Kier molecular flexibility index (Phi) is 6.32. The molecule has 28 heavy (non-hydrogen) atoms. The van der Waals surface area contributed by atoms with Crippen LogP contribution in [0.2, 0.25) is 0 Å². The van der Waals surface area contributed by atoms with Crippen molar-refractivity contribution < 1.29 is 4.74 Å². The Morgan fingerprint density at radius 3 is 2.79 bits per heavy atom. The van der Waals surface area contributed by atoms with Crippen molar-refractivity contribution in [1.82, 2.24) is 5.32 Å². The minimum Gasteiger partial charge on any atom is -0.497 e. The second kappa shape index (κ2) is 8.75. The molecule has 4 rings (SSSR count). The molecule has 2 fully saturated rings. The van der Waals surface area contributed by atoms with Crippen LogP contribution in [0.15, 0.2) is 18.2 Å². The van der Waals surface area contributed by atoms with Crippen molar-refractivity contribution in [1.29, 1.82) is 0 Å². The van der Waals surface area contributed by atoms with Gasteiger partial charge in [-0.05, 0) is 111 Å². The molecule has 0 radical (unpaired) electrons. The van der Waals surface area contributed by atoms with E-state index in [1.54, 1.807) is 18.2 Å². The molecule has 0 saturated heterocycles. The van der Waals surface area contributed by atoms with Gasteiger partial charge in [-0.25, -0.2) is 0 Å². The largest absolute Gasteiger partial charge is 0.497 e. The van der Waals surface area contributed by atoms with Gasteiger partial charge >= 0.3 is 0 Å². The van der Waals surface area contributed by atoms with E-state index in [9.17, 15) is 0 Å². The maximum Gasteiger partial charge on any atom is 0.119 e. The second-order valence-corrected chi connectivity index (χ2v) is 9.81. The average Bonchev–Trinajstić information content (AvgIpc) is 3.06. The number of nitrogens with two attached hydrogens (primary N) is 1. The molecule has 5 unspecified atom stereocenters. The molecule has 0 amide bonds. The molecule has 0 aromatic heterocycles. The van der Waals surface area contributed by atoms with E-state index in [0.717, 1.165) is 36.1 Å². The number of hydrogen-bond donors (Lipinski definition) is 2. The highest BCUT2D eigenvalue weighted by Gasteiger charge is 2.54. The summed E-state index contributed by atoms with van der Waals surface area (Å²) < 4.78 is 5.47. The topological polar surface area (TPSA) is 47.3 Å². The van der Waals surface area contributed by atoms with Crippen LogP contribution >= 0.6 is 0 Å². The van der Waals surface area contributed by atoms with E-state index in [0.29, 0.717) is 5.41 Å². The first-order chi connectivity index (χ1) is 13.7. The number of rotatable bonds is 8. The lowest BCUT2D eigenvalue weighted by molar-refractivity contribution is 0.0412. The van der Waals surface area contributed by atoms with Gasteiger partial charge in [0.05, 0.1) is 7.11 Å². The number of nitrogens with one attached hydrogen (secondary N) is 1. The van der Waals surface area contributed by atoms with Crippen LogP contribution in [0.4, 0.5) is 0 Å². The molecular formula is C25H40N2O. The van der Waals surface area contributed by atoms with E-state index >= 15 is 0 Å². The minimum absolute atomic E-state index is 0.502. The second-order valence-electron chi connectivity index (χ2n) is 9.81. The maximum atomic E-state index is 5.61. The summed E-state index contributed by atoms with van der Waals surface area (Å²) >= 11 is 0. The first-order valence-electron chi connectivity index (χ1n) is 11.8. The molecule has 3 heteroatoms. The lowest BCUT2D eigenvalue weighted by Crippen LogP contribution is -2.48. The van der Waals surface area contributed by atoms with Gasteiger partial charge in [0, 0.05) is 6.04 Å². The van der Waals surface area contributed by atoms with Crippen LogP contribution in [-0.2, 0) is 6.42 Å². The van der Waals surface area contributed by atoms with Gasteiger partial charge in [-0.15, -0.1) is 0 Å². The van der Waals surface area contributed by atoms with Gasteiger partial charge in [-0.3, -0.25) is 0 Å². The number of fused-ring (bicyclic) bond motifs is 5. The number of ether oxygens (including phenoxy) is 1. The van der Waals surface area contributed by atoms with Crippen molar-refractivity contribution in [2.75, 3.05) is 20.2 Å². The molecule has 3 aliphatic rings. The van der Waals surface area contributed by atoms with Crippen molar-refractivity contribution in [2.45, 2.75) is 83.1 Å². The van der Waals surface area contributed by atoms with Crippen LogP contribution in [0.1, 0.15) is 81.8 Å². The van der Waals surface area contributed by atoms with E-state index in [1.165, 1.54) is 70.8 Å². The summed E-state index contributed by atoms with van der Waals surface area (Å²) in [5, 5.41) is 3.98. The first-order valence-corrected chi connectivity index (χ1v) is 11.8. The molecule has 3 nitrogen and oxygen atoms in total. The zero-order valence-corrected chi connectivity index (χ0v) is 18.0. The number of benzene rings is 1. The summed E-state index contributed by atoms with van der Waals surface area (Å²) in [4.78, 5) is 0. The summed E-state index contributed by atoms with van der Waals surface area (Å²) in [5.41, 5.74) is 9.30. The van der Waals surface area contributed by atoms with Crippen LogP contribution in [0.3, 0.4) is 0 Å². The van der Waals surface area contributed by atoms with Gasteiger partial charge in [0.2, 0.25) is 0 Å². The van der Waals surface area contributed by atoms with Crippen molar-refractivity contribution in [3.8, 4) is 5.75 Å². The Morgan fingerprint density at radius 2 is 1.96 bits per heavy atom. The maximum absolute atomic E-state index is 5.61. The highest BCUT2D eigenvalue weighted by atomic mass is 16.5. The number of unbranched alkanes of at least 4 members (excludes halogenated alkanes) is 3. The molecule has 0 heterocycles. The highest BCUT2D eigenvalue weighted by molar-refractivity contribution is 5.40. The van der Waals surface area contributed by atoms with E-state index in [2.05, 4.69) is 30.4 Å². The fourth-order valence-corrected chi connectivity index (χ4v) is 6.92. The molecule has 3 N–H and O–H groups in total. The van der Waals surface area contributed by atoms with Gasteiger partial charge in [-0.2, -0.15) is 0 Å².